The van der Waals surface area contributed by atoms with Gasteiger partial charge >= 0.3 is 0 Å². The minimum Gasteiger partial charge on any atom is -0.357 e. The molecule has 0 saturated heterocycles. The zero-order valence-corrected chi connectivity index (χ0v) is 14.3. The third-order valence-corrected chi connectivity index (χ3v) is 5.40. The Kier molecular flexibility index (Phi) is 4.79. The number of benzene rings is 1. The molecule has 0 aliphatic heterocycles. The van der Waals surface area contributed by atoms with Crippen LogP contribution in [0.4, 0.5) is 0 Å². The van der Waals surface area contributed by atoms with Crippen LogP contribution in [0.5, 0.6) is 0 Å². The molecule has 0 bridgehead atoms. The van der Waals surface area contributed by atoms with Gasteiger partial charge in [0.25, 0.3) is 0 Å². The molecule has 2 N–H and O–H groups in total. The molecule has 2 nitrogen and oxygen atoms in total. The van der Waals surface area contributed by atoms with Crippen LogP contribution in [-0.4, -0.2) is 11.0 Å². The molecule has 1 heterocycles. The third kappa shape index (κ3) is 2.91. The highest BCUT2D eigenvalue weighted by Crippen LogP contribution is 2.36. The van der Waals surface area contributed by atoms with Crippen LogP contribution in [0, 0.1) is 6.92 Å². The lowest BCUT2D eigenvalue weighted by atomic mass is 9.89. The fraction of sp³-hybridized carbons (Fsp3) is 0.579. The van der Waals surface area contributed by atoms with Crippen LogP contribution in [0.25, 0.3) is 10.9 Å². The molecule has 1 atom stereocenters. The minimum absolute atomic E-state index is 0. The molecule has 0 spiro atoms. The van der Waals surface area contributed by atoms with Gasteiger partial charge in [0.15, 0.2) is 0 Å². The SMILES string of the molecule is Cc1ccc2[nH]c3c(c2c1)CCCC3NC1CCCCC1.Cl. The molecule has 120 valence electrons. The van der Waals surface area contributed by atoms with Gasteiger partial charge in [-0.05, 0) is 56.7 Å². The number of hydrogen-bond acceptors (Lipinski definition) is 1. The second-order valence-corrected chi connectivity index (χ2v) is 7.01. The largest absolute Gasteiger partial charge is 0.357 e. The van der Waals surface area contributed by atoms with Crippen molar-refractivity contribution in [2.45, 2.75) is 70.4 Å². The summed E-state index contributed by atoms with van der Waals surface area (Å²) >= 11 is 0. The maximum absolute atomic E-state index is 3.96. The normalized spacial score (nSPS) is 22.3. The summed E-state index contributed by atoms with van der Waals surface area (Å²) in [7, 11) is 0. The van der Waals surface area contributed by atoms with Crippen molar-refractivity contribution < 1.29 is 0 Å². The summed E-state index contributed by atoms with van der Waals surface area (Å²) in [6.07, 6.45) is 10.8. The number of H-pyrrole nitrogens is 1. The number of hydrogen-bond donors (Lipinski definition) is 2. The second-order valence-electron chi connectivity index (χ2n) is 7.01. The molecule has 1 aromatic carbocycles. The molecule has 2 aliphatic rings. The van der Waals surface area contributed by atoms with Crippen molar-refractivity contribution in [2.24, 2.45) is 0 Å². The maximum atomic E-state index is 3.96. The van der Waals surface area contributed by atoms with E-state index in [1.165, 1.54) is 73.5 Å². The van der Waals surface area contributed by atoms with E-state index in [1.807, 2.05) is 0 Å². The van der Waals surface area contributed by atoms with E-state index in [4.69, 9.17) is 0 Å². The van der Waals surface area contributed by atoms with E-state index in [1.54, 1.807) is 5.56 Å². The van der Waals surface area contributed by atoms with Crippen molar-refractivity contribution in [3.8, 4) is 0 Å². The monoisotopic (exact) mass is 318 g/mol. The standard InChI is InChI=1S/C19H26N2.ClH/c1-13-10-11-17-16(12-13)15-8-5-9-18(19(15)21-17)20-14-6-3-2-4-7-14;/h10-12,14,18,20-21H,2-9H2,1H3;1H. The summed E-state index contributed by atoms with van der Waals surface area (Å²) in [6, 6.07) is 8.11. The summed E-state index contributed by atoms with van der Waals surface area (Å²) in [4.78, 5) is 3.72. The summed E-state index contributed by atoms with van der Waals surface area (Å²) in [5.74, 6) is 0. The van der Waals surface area contributed by atoms with Crippen LogP contribution >= 0.6 is 12.4 Å². The molecule has 22 heavy (non-hydrogen) atoms. The lowest BCUT2D eigenvalue weighted by Gasteiger charge is -2.31. The van der Waals surface area contributed by atoms with Gasteiger partial charge in [0, 0.05) is 28.7 Å². The van der Waals surface area contributed by atoms with Gasteiger partial charge in [0.05, 0.1) is 0 Å². The fourth-order valence-electron chi connectivity index (χ4n) is 4.30. The van der Waals surface area contributed by atoms with E-state index in [2.05, 4.69) is 35.4 Å². The van der Waals surface area contributed by atoms with Crippen molar-refractivity contribution in [3.63, 3.8) is 0 Å². The molecule has 2 aliphatic carbocycles. The number of fused-ring (bicyclic) bond motifs is 3. The Morgan fingerprint density at radius 3 is 2.68 bits per heavy atom. The first-order valence-corrected chi connectivity index (χ1v) is 8.68. The number of aromatic nitrogens is 1. The smallest absolute Gasteiger partial charge is 0.0478 e. The topological polar surface area (TPSA) is 27.8 Å². The first kappa shape index (κ1) is 15.9. The summed E-state index contributed by atoms with van der Waals surface area (Å²) in [5, 5.41) is 5.42. The van der Waals surface area contributed by atoms with Gasteiger partial charge in [-0.15, -0.1) is 12.4 Å². The van der Waals surface area contributed by atoms with E-state index < -0.39 is 0 Å². The van der Waals surface area contributed by atoms with Gasteiger partial charge in [0.1, 0.15) is 0 Å². The van der Waals surface area contributed by atoms with Gasteiger partial charge in [0.2, 0.25) is 0 Å². The first-order chi connectivity index (χ1) is 10.3. The predicted octanol–water partition coefficient (Wildman–Crippen LogP) is 5.20. The molecule has 1 fully saturated rings. The summed E-state index contributed by atoms with van der Waals surface area (Å²) < 4.78 is 0. The maximum Gasteiger partial charge on any atom is 0.0478 e. The van der Waals surface area contributed by atoms with E-state index in [-0.39, 0.29) is 12.4 Å². The van der Waals surface area contributed by atoms with Crippen LogP contribution in [0.3, 0.4) is 0 Å². The Labute approximate surface area is 139 Å². The minimum atomic E-state index is 0. The van der Waals surface area contributed by atoms with E-state index in [9.17, 15) is 0 Å². The van der Waals surface area contributed by atoms with Gasteiger partial charge in [-0.1, -0.05) is 30.9 Å². The Morgan fingerprint density at radius 1 is 1.05 bits per heavy atom. The Hall–Kier alpha value is -0.990. The van der Waals surface area contributed by atoms with Crippen molar-refractivity contribution in [1.82, 2.24) is 10.3 Å². The van der Waals surface area contributed by atoms with Crippen molar-refractivity contribution >= 4 is 23.3 Å². The quantitative estimate of drug-likeness (QED) is 0.782. The van der Waals surface area contributed by atoms with Crippen LogP contribution in [0.2, 0.25) is 0 Å². The van der Waals surface area contributed by atoms with Crippen LogP contribution in [0.1, 0.15) is 67.8 Å². The number of rotatable bonds is 2. The number of halogens is 1. The van der Waals surface area contributed by atoms with E-state index in [0.717, 1.165) is 6.04 Å². The molecule has 2 aromatic rings. The second kappa shape index (κ2) is 6.64. The third-order valence-electron chi connectivity index (χ3n) is 5.40. The average Bonchev–Trinajstić information content (AvgIpc) is 2.88. The molecule has 3 heteroatoms. The number of aromatic amines is 1. The van der Waals surface area contributed by atoms with Gasteiger partial charge in [-0.25, -0.2) is 0 Å². The first-order valence-electron chi connectivity index (χ1n) is 8.68. The molecular weight excluding hydrogens is 292 g/mol. The molecule has 1 aromatic heterocycles. The van der Waals surface area contributed by atoms with Crippen molar-refractivity contribution in [2.75, 3.05) is 0 Å². The fourth-order valence-corrected chi connectivity index (χ4v) is 4.30. The van der Waals surface area contributed by atoms with Crippen LogP contribution in [-0.2, 0) is 6.42 Å². The molecular formula is C19H27ClN2. The predicted molar refractivity (Wildman–Crippen MR) is 96.0 cm³/mol. The molecule has 1 unspecified atom stereocenters. The highest BCUT2D eigenvalue weighted by Gasteiger charge is 2.26. The van der Waals surface area contributed by atoms with Gasteiger partial charge < -0.3 is 10.3 Å². The molecule has 4 rings (SSSR count). The number of nitrogens with one attached hydrogen (secondary N) is 2. The number of aryl methyl sites for hydroxylation is 2. The van der Waals surface area contributed by atoms with Crippen LogP contribution < -0.4 is 5.32 Å². The van der Waals surface area contributed by atoms with E-state index in [0.29, 0.717) is 6.04 Å². The zero-order chi connectivity index (χ0) is 14.2. The van der Waals surface area contributed by atoms with Crippen molar-refractivity contribution in [3.05, 3.63) is 35.0 Å². The van der Waals surface area contributed by atoms with Gasteiger partial charge in [-0.3, -0.25) is 0 Å². The van der Waals surface area contributed by atoms with Crippen molar-refractivity contribution in [1.29, 1.82) is 0 Å². The molecule has 0 amide bonds. The Morgan fingerprint density at radius 2 is 1.86 bits per heavy atom. The molecule has 1 saturated carbocycles. The Bertz CT molecular complexity index is 640. The highest BCUT2D eigenvalue weighted by atomic mass is 35.5. The average molecular weight is 319 g/mol. The lowest BCUT2D eigenvalue weighted by molar-refractivity contribution is 0.318. The summed E-state index contributed by atoms with van der Waals surface area (Å²) in [5.41, 5.74) is 5.75. The lowest BCUT2D eigenvalue weighted by Crippen LogP contribution is -2.36. The summed E-state index contributed by atoms with van der Waals surface area (Å²) in [6.45, 7) is 2.19. The van der Waals surface area contributed by atoms with Gasteiger partial charge in [-0.2, -0.15) is 0 Å². The zero-order valence-electron chi connectivity index (χ0n) is 13.5. The molecule has 0 radical (unpaired) electrons. The Balaban J connectivity index is 0.00000144. The van der Waals surface area contributed by atoms with Crippen LogP contribution in [0.15, 0.2) is 18.2 Å². The highest BCUT2D eigenvalue weighted by molar-refractivity contribution is 5.86. The van der Waals surface area contributed by atoms with E-state index >= 15 is 0 Å².